The van der Waals surface area contributed by atoms with Crippen LogP contribution in [0.4, 0.5) is 5.69 Å². The Hall–Kier alpha value is -3.46. The van der Waals surface area contributed by atoms with Gasteiger partial charge in [-0.2, -0.15) is 0 Å². The van der Waals surface area contributed by atoms with Crippen LogP contribution in [0.15, 0.2) is 24.3 Å². The molecule has 9 heteroatoms. The Morgan fingerprint density at radius 2 is 1.91 bits per heavy atom. The van der Waals surface area contributed by atoms with E-state index in [4.69, 9.17) is 10.5 Å². The molecular weight excluding hydrogens is 424 g/mol. The largest absolute Gasteiger partial charge is 0.465 e. The zero-order valence-electron chi connectivity index (χ0n) is 19.2. The van der Waals surface area contributed by atoms with Gasteiger partial charge in [-0.1, -0.05) is 12.1 Å². The molecule has 2 heterocycles. The molecule has 176 valence electrons. The minimum atomic E-state index is -0.598. The van der Waals surface area contributed by atoms with Crippen LogP contribution in [-0.2, 0) is 27.3 Å². The number of benzene rings is 1. The van der Waals surface area contributed by atoms with Crippen LogP contribution in [0.2, 0.25) is 0 Å². The Labute approximate surface area is 192 Å². The number of methoxy groups -OCH3 is 1. The molecule has 1 aromatic carbocycles. The third-order valence-corrected chi connectivity index (χ3v) is 5.96. The zero-order chi connectivity index (χ0) is 24.1. The number of nitrogens with two attached hydrogens (primary N) is 1. The molecule has 1 unspecified atom stereocenters. The standard InChI is InChI=1S/C24H30N4O5/c1-14-21(24(32)33-3)19(27-22(14)15(2)29)11-20(30)26-18-8-6-16(7-9-18)12-28-10-4-5-17(13-28)23(25)31/h6-9,17,27H,4-5,10-13H2,1-3H3,(H2,25,31)(H,26,30). The van der Waals surface area contributed by atoms with Gasteiger partial charge in [0.25, 0.3) is 0 Å². The van der Waals surface area contributed by atoms with E-state index >= 15 is 0 Å². The zero-order valence-corrected chi connectivity index (χ0v) is 19.2. The molecule has 0 saturated carbocycles. The monoisotopic (exact) mass is 454 g/mol. The number of nitrogens with one attached hydrogen (secondary N) is 2. The number of aromatic nitrogens is 1. The van der Waals surface area contributed by atoms with Crippen molar-refractivity contribution in [3.05, 3.63) is 52.3 Å². The lowest BCUT2D eigenvalue weighted by Gasteiger charge is -2.31. The molecule has 0 aliphatic carbocycles. The molecule has 33 heavy (non-hydrogen) atoms. The summed E-state index contributed by atoms with van der Waals surface area (Å²) < 4.78 is 4.81. The van der Waals surface area contributed by atoms with Crippen molar-refractivity contribution in [2.75, 3.05) is 25.5 Å². The van der Waals surface area contributed by atoms with Gasteiger partial charge >= 0.3 is 5.97 Å². The number of hydrogen-bond acceptors (Lipinski definition) is 6. The Bertz CT molecular complexity index is 1060. The third-order valence-electron chi connectivity index (χ3n) is 5.96. The topological polar surface area (TPSA) is 135 Å². The normalized spacial score (nSPS) is 16.3. The van der Waals surface area contributed by atoms with Gasteiger partial charge in [-0.15, -0.1) is 0 Å². The molecule has 9 nitrogen and oxygen atoms in total. The smallest absolute Gasteiger partial charge is 0.339 e. The van der Waals surface area contributed by atoms with Gasteiger partial charge in [-0.3, -0.25) is 19.3 Å². The van der Waals surface area contributed by atoms with Gasteiger partial charge in [0.1, 0.15) is 0 Å². The number of likely N-dealkylation sites (tertiary alicyclic amines) is 1. The molecule has 1 aliphatic heterocycles. The van der Waals surface area contributed by atoms with E-state index in [9.17, 15) is 19.2 Å². The number of Topliss-reactive ketones (excluding diaryl/α,β-unsaturated/α-hetero) is 1. The summed E-state index contributed by atoms with van der Waals surface area (Å²) in [6.45, 7) is 5.32. The number of ketones is 1. The number of piperidine rings is 1. The third kappa shape index (κ3) is 5.87. The summed E-state index contributed by atoms with van der Waals surface area (Å²) in [4.78, 5) is 53.2. The number of ether oxygens (including phenoxy) is 1. The van der Waals surface area contributed by atoms with E-state index in [1.807, 2.05) is 24.3 Å². The van der Waals surface area contributed by atoms with Crippen LogP contribution in [-0.4, -0.2) is 53.7 Å². The quantitative estimate of drug-likeness (QED) is 0.413. The Balaban J connectivity index is 1.63. The van der Waals surface area contributed by atoms with Crippen molar-refractivity contribution in [3.63, 3.8) is 0 Å². The van der Waals surface area contributed by atoms with E-state index in [1.165, 1.54) is 14.0 Å². The second-order valence-corrected chi connectivity index (χ2v) is 8.42. The summed E-state index contributed by atoms with van der Waals surface area (Å²) in [6.07, 6.45) is 1.67. The van der Waals surface area contributed by atoms with Gasteiger partial charge in [-0.05, 0) is 49.6 Å². The van der Waals surface area contributed by atoms with Crippen LogP contribution in [0.5, 0.6) is 0 Å². The van der Waals surface area contributed by atoms with E-state index in [0.29, 0.717) is 35.7 Å². The lowest BCUT2D eigenvalue weighted by Crippen LogP contribution is -2.40. The summed E-state index contributed by atoms with van der Waals surface area (Å²) in [5.41, 5.74) is 8.45. The number of hydrogen-bond donors (Lipinski definition) is 3. The Kier molecular flexibility index (Phi) is 7.65. The minimum Gasteiger partial charge on any atom is -0.465 e. The molecule has 4 N–H and O–H groups in total. The summed E-state index contributed by atoms with van der Waals surface area (Å²) in [5.74, 6) is -1.51. The predicted octanol–water partition coefficient (Wildman–Crippen LogP) is 2.19. The average Bonchev–Trinajstić information content (AvgIpc) is 3.10. The highest BCUT2D eigenvalue weighted by atomic mass is 16.5. The summed E-state index contributed by atoms with van der Waals surface area (Å²) in [5, 5.41) is 2.81. The maximum Gasteiger partial charge on any atom is 0.339 e. The van der Waals surface area contributed by atoms with E-state index in [-0.39, 0.29) is 35.5 Å². The molecule has 2 aromatic rings. The summed E-state index contributed by atoms with van der Waals surface area (Å²) in [7, 11) is 1.26. The first kappa shape index (κ1) is 24.2. The van der Waals surface area contributed by atoms with Gasteiger partial charge in [0.2, 0.25) is 11.8 Å². The predicted molar refractivity (Wildman–Crippen MR) is 123 cm³/mol. The number of carbonyl (C=O) groups excluding carboxylic acids is 4. The number of amides is 2. The molecule has 0 bridgehead atoms. The van der Waals surface area contributed by atoms with Gasteiger partial charge in [0.15, 0.2) is 5.78 Å². The van der Waals surface area contributed by atoms with E-state index in [1.54, 1.807) is 6.92 Å². The summed E-state index contributed by atoms with van der Waals surface area (Å²) >= 11 is 0. The fourth-order valence-corrected chi connectivity index (χ4v) is 4.27. The maximum absolute atomic E-state index is 12.6. The van der Waals surface area contributed by atoms with Gasteiger partial charge in [0.05, 0.1) is 30.7 Å². The SMILES string of the molecule is COC(=O)c1c(CC(=O)Nc2ccc(CN3CCCC(C(N)=O)C3)cc2)[nH]c(C(C)=O)c1C. The number of anilines is 1. The highest BCUT2D eigenvalue weighted by Gasteiger charge is 2.25. The molecule has 1 aromatic heterocycles. The van der Waals surface area contributed by atoms with Crippen molar-refractivity contribution in [1.29, 1.82) is 0 Å². The van der Waals surface area contributed by atoms with Crippen LogP contribution < -0.4 is 11.1 Å². The van der Waals surface area contributed by atoms with Gasteiger partial charge < -0.3 is 20.8 Å². The average molecular weight is 455 g/mol. The van der Waals surface area contributed by atoms with E-state index < -0.39 is 5.97 Å². The van der Waals surface area contributed by atoms with Crippen molar-refractivity contribution in [3.8, 4) is 0 Å². The van der Waals surface area contributed by atoms with E-state index in [0.717, 1.165) is 24.9 Å². The van der Waals surface area contributed by atoms with Crippen molar-refractivity contribution in [2.24, 2.45) is 11.7 Å². The van der Waals surface area contributed by atoms with Crippen molar-refractivity contribution in [1.82, 2.24) is 9.88 Å². The molecule has 1 fully saturated rings. The number of primary amides is 1. The first-order valence-electron chi connectivity index (χ1n) is 10.9. The Morgan fingerprint density at radius 3 is 2.52 bits per heavy atom. The number of H-pyrrole nitrogens is 1. The lowest BCUT2D eigenvalue weighted by molar-refractivity contribution is -0.123. The van der Waals surface area contributed by atoms with Crippen molar-refractivity contribution in [2.45, 2.75) is 39.7 Å². The molecule has 0 spiro atoms. The van der Waals surface area contributed by atoms with Crippen LogP contribution in [0.3, 0.4) is 0 Å². The second-order valence-electron chi connectivity index (χ2n) is 8.42. The Morgan fingerprint density at radius 1 is 1.21 bits per heavy atom. The fraction of sp³-hybridized carbons (Fsp3) is 0.417. The molecule has 1 atom stereocenters. The second kappa shape index (κ2) is 10.4. The van der Waals surface area contributed by atoms with Crippen LogP contribution in [0, 0.1) is 12.8 Å². The molecule has 3 rings (SSSR count). The van der Waals surface area contributed by atoms with Crippen molar-refractivity contribution < 1.29 is 23.9 Å². The minimum absolute atomic E-state index is 0.104. The number of esters is 1. The molecule has 0 radical (unpaired) electrons. The van der Waals surface area contributed by atoms with Crippen molar-refractivity contribution >= 4 is 29.3 Å². The van der Waals surface area contributed by atoms with E-state index in [2.05, 4.69) is 15.2 Å². The molecule has 1 saturated heterocycles. The highest BCUT2D eigenvalue weighted by Crippen LogP contribution is 2.22. The summed E-state index contributed by atoms with van der Waals surface area (Å²) in [6, 6.07) is 7.47. The lowest BCUT2D eigenvalue weighted by atomic mass is 9.97. The van der Waals surface area contributed by atoms with Gasteiger partial charge in [-0.25, -0.2) is 4.79 Å². The first-order chi connectivity index (χ1) is 15.7. The first-order valence-corrected chi connectivity index (χ1v) is 10.9. The number of carbonyl (C=O) groups is 4. The highest BCUT2D eigenvalue weighted by molar-refractivity contribution is 6.02. The van der Waals surface area contributed by atoms with Crippen LogP contribution in [0.1, 0.15) is 57.4 Å². The number of nitrogens with zero attached hydrogens (tertiary/aromatic N) is 1. The molecule has 1 aliphatic rings. The number of rotatable bonds is 8. The van der Waals surface area contributed by atoms with Gasteiger partial charge in [0, 0.05) is 31.4 Å². The fourth-order valence-electron chi connectivity index (χ4n) is 4.27. The van der Waals surface area contributed by atoms with Crippen LogP contribution in [0.25, 0.3) is 0 Å². The van der Waals surface area contributed by atoms with Crippen LogP contribution >= 0.6 is 0 Å². The molecule has 2 amide bonds. The maximum atomic E-state index is 12.6. The molecular formula is C24H30N4O5. The number of aromatic amines is 1.